The summed E-state index contributed by atoms with van der Waals surface area (Å²) in [7, 11) is -3.38. The van der Waals surface area contributed by atoms with Crippen molar-refractivity contribution < 1.29 is 13.2 Å². The molecule has 1 saturated heterocycles. The average molecular weight is 263 g/mol. The zero-order valence-electron chi connectivity index (χ0n) is 10.3. The average Bonchev–Trinajstić information content (AvgIpc) is 2.25. The van der Waals surface area contributed by atoms with Crippen LogP contribution in [0.2, 0.25) is 0 Å². The van der Waals surface area contributed by atoms with E-state index in [0.717, 1.165) is 12.7 Å². The summed E-state index contributed by atoms with van der Waals surface area (Å²) in [5.74, 6) is -0.432. The maximum absolute atomic E-state index is 11.5. The minimum atomic E-state index is -3.38. The number of amides is 1. The first-order valence-corrected chi connectivity index (χ1v) is 7.64. The molecule has 0 spiro atoms. The minimum absolute atomic E-state index is 0.00133. The van der Waals surface area contributed by atoms with Gasteiger partial charge in [-0.3, -0.25) is 4.79 Å². The van der Waals surface area contributed by atoms with Gasteiger partial charge in [0.2, 0.25) is 15.9 Å². The predicted molar refractivity (Wildman–Crippen MR) is 65.5 cm³/mol. The fourth-order valence-electron chi connectivity index (χ4n) is 2.35. The lowest BCUT2D eigenvalue weighted by Gasteiger charge is -2.38. The molecule has 1 amide bonds. The van der Waals surface area contributed by atoms with Crippen LogP contribution in [0.25, 0.3) is 0 Å². The Morgan fingerprint density at radius 1 is 1.53 bits per heavy atom. The Hall–Kier alpha value is -0.660. The van der Waals surface area contributed by atoms with E-state index < -0.39 is 22.0 Å². The smallest absolute Gasteiger partial charge is 0.235 e. The third kappa shape index (κ3) is 3.40. The highest BCUT2D eigenvalue weighted by molar-refractivity contribution is 7.88. The van der Waals surface area contributed by atoms with Crippen molar-refractivity contribution in [3.8, 4) is 0 Å². The number of hydrogen-bond donors (Lipinski definition) is 2. The van der Waals surface area contributed by atoms with Crippen molar-refractivity contribution in [2.45, 2.75) is 38.3 Å². The number of primary amides is 1. The van der Waals surface area contributed by atoms with Crippen molar-refractivity contribution in [2.24, 2.45) is 17.4 Å². The van der Waals surface area contributed by atoms with Crippen LogP contribution in [0, 0.1) is 5.92 Å². The van der Waals surface area contributed by atoms with Crippen LogP contribution in [0.15, 0.2) is 0 Å². The molecule has 0 radical (unpaired) electrons. The first-order valence-electron chi connectivity index (χ1n) is 5.79. The van der Waals surface area contributed by atoms with Crippen LogP contribution in [0.3, 0.4) is 0 Å². The van der Waals surface area contributed by atoms with Gasteiger partial charge in [-0.1, -0.05) is 6.92 Å². The molecule has 1 heterocycles. The molecule has 0 aliphatic carbocycles. The Kier molecular flexibility index (Phi) is 4.51. The van der Waals surface area contributed by atoms with Crippen LogP contribution in [0.5, 0.6) is 0 Å². The van der Waals surface area contributed by atoms with E-state index in [1.165, 1.54) is 4.31 Å². The van der Waals surface area contributed by atoms with E-state index in [-0.39, 0.29) is 12.0 Å². The Bertz CT molecular complexity index is 382. The molecule has 17 heavy (non-hydrogen) atoms. The van der Waals surface area contributed by atoms with Gasteiger partial charge in [0.05, 0.1) is 6.26 Å². The number of nitrogens with two attached hydrogens (primary N) is 2. The number of carbonyl (C=O) groups is 1. The first kappa shape index (κ1) is 14.4. The van der Waals surface area contributed by atoms with E-state index >= 15 is 0 Å². The van der Waals surface area contributed by atoms with E-state index in [1.807, 2.05) is 6.92 Å². The molecule has 100 valence electrons. The van der Waals surface area contributed by atoms with Crippen molar-refractivity contribution in [3.05, 3.63) is 0 Å². The molecule has 1 aliphatic heterocycles. The second kappa shape index (κ2) is 5.32. The fourth-order valence-corrected chi connectivity index (χ4v) is 3.44. The van der Waals surface area contributed by atoms with Gasteiger partial charge < -0.3 is 11.5 Å². The lowest BCUT2D eigenvalue weighted by Crippen LogP contribution is -2.54. The second-order valence-electron chi connectivity index (χ2n) is 4.65. The lowest BCUT2D eigenvalue weighted by molar-refractivity contribution is -0.123. The van der Waals surface area contributed by atoms with Gasteiger partial charge in [0, 0.05) is 12.6 Å². The minimum Gasteiger partial charge on any atom is -0.368 e. The van der Waals surface area contributed by atoms with Gasteiger partial charge in [0.1, 0.15) is 6.04 Å². The first-order chi connectivity index (χ1) is 7.77. The van der Waals surface area contributed by atoms with E-state index in [0.29, 0.717) is 19.4 Å². The SMILES string of the molecule is CC[C@H](N)[C@H]1CCN(S(C)(=O)=O)[C@@H](C(N)=O)C1. The van der Waals surface area contributed by atoms with Crippen molar-refractivity contribution in [2.75, 3.05) is 12.8 Å². The topological polar surface area (TPSA) is 106 Å². The highest BCUT2D eigenvalue weighted by Gasteiger charge is 2.38. The van der Waals surface area contributed by atoms with Crippen LogP contribution >= 0.6 is 0 Å². The van der Waals surface area contributed by atoms with Crippen molar-refractivity contribution in [3.63, 3.8) is 0 Å². The number of carbonyl (C=O) groups excluding carboxylic acids is 1. The molecule has 0 bridgehead atoms. The standard InChI is InChI=1S/C10H21N3O3S/c1-3-8(11)7-4-5-13(17(2,15)16)9(6-7)10(12)14/h7-9H,3-6,11H2,1-2H3,(H2,12,14)/t7-,8-,9+/m0/s1. The number of sulfonamides is 1. The van der Waals surface area contributed by atoms with Crippen molar-refractivity contribution in [1.82, 2.24) is 4.31 Å². The van der Waals surface area contributed by atoms with E-state index in [9.17, 15) is 13.2 Å². The monoisotopic (exact) mass is 263 g/mol. The van der Waals surface area contributed by atoms with Gasteiger partial charge in [-0.15, -0.1) is 0 Å². The largest absolute Gasteiger partial charge is 0.368 e. The van der Waals surface area contributed by atoms with E-state index in [4.69, 9.17) is 11.5 Å². The summed E-state index contributed by atoms with van der Waals surface area (Å²) in [6, 6.07) is -0.750. The molecule has 0 saturated carbocycles. The Morgan fingerprint density at radius 3 is 2.53 bits per heavy atom. The highest BCUT2D eigenvalue weighted by Crippen LogP contribution is 2.27. The molecular formula is C10H21N3O3S. The molecule has 0 aromatic carbocycles. The van der Waals surface area contributed by atoms with Crippen LogP contribution in [-0.2, 0) is 14.8 Å². The Balaban J connectivity index is 2.86. The van der Waals surface area contributed by atoms with Crippen LogP contribution < -0.4 is 11.5 Å². The highest BCUT2D eigenvalue weighted by atomic mass is 32.2. The number of nitrogens with zero attached hydrogens (tertiary/aromatic N) is 1. The molecule has 0 unspecified atom stereocenters. The van der Waals surface area contributed by atoms with Gasteiger partial charge in [0.25, 0.3) is 0 Å². The summed E-state index contributed by atoms with van der Waals surface area (Å²) < 4.78 is 24.3. The number of hydrogen-bond acceptors (Lipinski definition) is 4. The van der Waals surface area contributed by atoms with Gasteiger partial charge in [0.15, 0.2) is 0 Å². The van der Waals surface area contributed by atoms with Crippen LogP contribution in [0.1, 0.15) is 26.2 Å². The van der Waals surface area contributed by atoms with E-state index in [2.05, 4.69) is 0 Å². The molecule has 0 aromatic rings. The van der Waals surface area contributed by atoms with E-state index in [1.54, 1.807) is 0 Å². The summed E-state index contributed by atoms with van der Waals surface area (Å²) in [5.41, 5.74) is 11.2. The third-order valence-corrected chi connectivity index (χ3v) is 4.71. The summed E-state index contributed by atoms with van der Waals surface area (Å²) in [5, 5.41) is 0. The molecular weight excluding hydrogens is 242 g/mol. The summed E-state index contributed by atoms with van der Waals surface area (Å²) in [6.45, 7) is 2.30. The molecule has 3 atom stereocenters. The summed E-state index contributed by atoms with van der Waals surface area (Å²) in [6.07, 6.45) is 3.03. The normalized spacial score (nSPS) is 28.9. The van der Waals surface area contributed by atoms with Gasteiger partial charge in [-0.2, -0.15) is 4.31 Å². The summed E-state index contributed by atoms with van der Waals surface area (Å²) >= 11 is 0. The fraction of sp³-hybridized carbons (Fsp3) is 0.900. The quantitative estimate of drug-likeness (QED) is 0.696. The molecule has 4 N–H and O–H groups in total. The molecule has 0 aromatic heterocycles. The second-order valence-corrected chi connectivity index (χ2v) is 6.58. The lowest BCUT2D eigenvalue weighted by atomic mass is 9.85. The zero-order chi connectivity index (χ0) is 13.2. The van der Waals surface area contributed by atoms with Crippen molar-refractivity contribution >= 4 is 15.9 Å². The Morgan fingerprint density at radius 2 is 2.12 bits per heavy atom. The maximum Gasteiger partial charge on any atom is 0.235 e. The Labute approximate surface area is 102 Å². The molecule has 1 aliphatic rings. The van der Waals surface area contributed by atoms with Crippen LogP contribution in [0.4, 0.5) is 0 Å². The predicted octanol–water partition coefficient (Wildman–Crippen LogP) is -0.751. The molecule has 1 rings (SSSR count). The van der Waals surface area contributed by atoms with Gasteiger partial charge in [-0.25, -0.2) is 8.42 Å². The van der Waals surface area contributed by atoms with Gasteiger partial charge in [-0.05, 0) is 25.2 Å². The number of piperidine rings is 1. The third-order valence-electron chi connectivity index (χ3n) is 3.43. The maximum atomic E-state index is 11.5. The molecule has 6 nitrogen and oxygen atoms in total. The van der Waals surface area contributed by atoms with Gasteiger partial charge >= 0.3 is 0 Å². The summed E-state index contributed by atoms with van der Waals surface area (Å²) in [4.78, 5) is 11.3. The zero-order valence-corrected chi connectivity index (χ0v) is 11.1. The molecule has 1 fully saturated rings. The van der Waals surface area contributed by atoms with Crippen LogP contribution in [-0.4, -0.2) is 43.5 Å². The molecule has 7 heteroatoms. The number of rotatable bonds is 4. The van der Waals surface area contributed by atoms with Crippen molar-refractivity contribution in [1.29, 1.82) is 0 Å².